The molecule has 1 aliphatic carbocycles. The van der Waals surface area contributed by atoms with Gasteiger partial charge in [0, 0.05) is 30.3 Å². The number of morpholine rings is 1. The maximum absolute atomic E-state index is 8.11. The second kappa shape index (κ2) is 8.66. The molecule has 1 unspecified atom stereocenters. The van der Waals surface area contributed by atoms with Gasteiger partial charge in [0.1, 0.15) is 17.5 Å². The minimum Gasteiger partial charge on any atom is -0.377 e. The highest BCUT2D eigenvalue weighted by molar-refractivity contribution is 5.88. The molecule has 1 saturated carbocycles. The molecule has 3 heterocycles. The third-order valence-corrected chi connectivity index (χ3v) is 6.04. The van der Waals surface area contributed by atoms with Gasteiger partial charge in [0.15, 0.2) is 0 Å². The van der Waals surface area contributed by atoms with Crippen molar-refractivity contribution in [1.29, 1.82) is 5.41 Å². The summed E-state index contributed by atoms with van der Waals surface area (Å²) in [5, 5.41) is 18.4. The monoisotopic (exact) mass is 392 g/mol. The first-order valence-corrected chi connectivity index (χ1v) is 10.3. The van der Waals surface area contributed by atoms with E-state index in [1.54, 1.807) is 6.20 Å². The summed E-state index contributed by atoms with van der Waals surface area (Å²) >= 11 is 0. The zero-order valence-electron chi connectivity index (χ0n) is 16.8. The van der Waals surface area contributed by atoms with E-state index in [1.807, 2.05) is 6.07 Å². The van der Waals surface area contributed by atoms with Gasteiger partial charge in [-0.05, 0) is 50.2 Å². The third-order valence-electron chi connectivity index (χ3n) is 6.04. The van der Waals surface area contributed by atoms with Crippen LogP contribution >= 0.6 is 0 Å². The minimum atomic E-state index is 0.257. The van der Waals surface area contributed by atoms with Gasteiger partial charge in [-0.15, -0.1) is 12.3 Å². The number of aromatic nitrogens is 3. The molecule has 1 aliphatic heterocycles. The van der Waals surface area contributed by atoms with Gasteiger partial charge in [-0.2, -0.15) is 5.10 Å². The van der Waals surface area contributed by atoms with Gasteiger partial charge in [-0.1, -0.05) is 0 Å². The van der Waals surface area contributed by atoms with Gasteiger partial charge in [0.05, 0.1) is 25.5 Å². The molecule has 0 aromatic carbocycles. The highest BCUT2D eigenvalue weighted by atomic mass is 16.5. The van der Waals surface area contributed by atoms with E-state index in [0.29, 0.717) is 30.9 Å². The summed E-state index contributed by atoms with van der Waals surface area (Å²) < 4.78 is 5.61. The Morgan fingerprint density at radius 2 is 2.21 bits per heavy atom. The third kappa shape index (κ3) is 4.13. The molecule has 2 fully saturated rings. The van der Waals surface area contributed by atoms with Crippen LogP contribution in [0.4, 0.5) is 17.5 Å². The Bertz CT molecular complexity index is 879. The molecule has 0 spiro atoms. The first-order chi connectivity index (χ1) is 14.2. The Balaban J connectivity index is 1.74. The summed E-state index contributed by atoms with van der Waals surface area (Å²) in [4.78, 5) is 7.20. The van der Waals surface area contributed by atoms with Crippen molar-refractivity contribution < 1.29 is 4.74 Å². The minimum absolute atomic E-state index is 0.257. The van der Waals surface area contributed by atoms with E-state index in [2.05, 4.69) is 39.3 Å². The van der Waals surface area contributed by atoms with E-state index in [0.717, 1.165) is 49.4 Å². The number of rotatable bonds is 5. The molecular formula is C22H28N6O. The Labute approximate surface area is 171 Å². The van der Waals surface area contributed by atoms with Crippen LogP contribution in [0.1, 0.15) is 49.7 Å². The molecule has 7 heteroatoms. The maximum atomic E-state index is 8.11. The molecule has 152 valence electrons. The van der Waals surface area contributed by atoms with Crippen LogP contribution in [0.5, 0.6) is 0 Å². The molecule has 1 saturated heterocycles. The number of aromatic amines is 1. The van der Waals surface area contributed by atoms with Crippen LogP contribution in [-0.4, -0.2) is 47.2 Å². The molecule has 0 amide bonds. The van der Waals surface area contributed by atoms with Gasteiger partial charge in [-0.25, -0.2) is 4.98 Å². The summed E-state index contributed by atoms with van der Waals surface area (Å²) in [6.45, 7) is 4.36. The predicted octanol–water partition coefficient (Wildman–Crippen LogP) is 3.68. The summed E-state index contributed by atoms with van der Waals surface area (Å²) in [6, 6.07) is 4.30. The first-order valence-electron chi connectivity index (χ1n) is 10.3. The van der Waals surface area contributed by atoms with Crippen LogP contribution < -0.4 is 10.2 Å². The number of ether oxygens (including phenoxy) is 1. The van der Waals surface area contributed by atoms with Crippen LogP contribution in [-0.2, 0) is 4.74 Å². The zero-order chi connectivity index (χ0) is 20.2. The van der Waals surface area contributed by atoms with Crippen molar-refractivity contribution in [3.63, 3.8) is 0 Å². The molecule has 29 heavy (non-hydrogen) atoms. The van der Waals surface area contributed by atoms with Gasteiger partial charge in [-0.3, -0.25) is 5.10 Å². The van der Waals surface area contributed by atoms with Gasteiger partial charge in [0.2, 0.25) is 0 Å². The van der Waals surface area contributed by atoms with Crippen molar-refractivity contribution in [1.82, 2.24) is 15.2 Å². The van der Waals surface area contributed by atoms with Crippen LogP contribution in [0.15, 0.2) is 18.3 Å². The Morgan fingerprint density at radius 1 is 1.38 bits per heavy atom. The normalized spacial score (nSPS) is 24.7. The molecule has 4 rings (SSSR count). The standard InChI is InChI=1S/C22H28N6O/c1-3-16-4-6-17(7-5-16)18-12-21(28-10-11-29-14-15(28)2)26-22(19(18)13-23)25-20-8-9-24-27-20/h1,8-9,12-13,15-17,23H,4-7,10-11,14H2,2H3,(H2,24,25,26,27). The highest BCUT2D eigenvalue weighted by Gasteiger charge is 2.28. The molecule has 2 aromatic rings. The number of pyridine rings is 1. The Morgan fingerprint density at radius 3 is 2.86 bits per heavy atom. The van der Waals surface area contributed by atoms with Crippen LogP contribution in [0.3, 0.4) is 0 Å². The molecule has 7 nitrogen and oxygen atoms in total. The maximum Gasteiger partial charge on any atom is 0.143 e. The van der Waals surface area contributed by atoms with E-state index >= 15 is 0 Å². The number of hydrogen-bond donors (Lipinski definition) is 3. The quantitative estimate of drug-likeness (QED) is 0.533. The molecule has 2 aromatic heterocycles. The number of H-pyrrole nitrogens is 1. The zero-order valence-corrected chi connectivity index (χ0v) is 16.8. The fourth-order valence-electron chi connectivity index (χ4n) is 4.38. The number of nitrogens with one attached hydrogen (secondary N) is 3. The van der Waals surface area contributed by atoms with Crippen molar-refractivity contribution in [3.8, 4) is 12.3 Å². The number of anilines is 3. The van der Waals surface area contributed by atoms with E-state index in [-0.39, 0.29) is 6.04 Å². The van der Waals surface area contributed by atoms with Gasteiger partial charge < -0.3 is 20.4 Å². The number of hydrogen-bond acceptors (Lipinski definition) is 6. The predicted molar refractivity (Wildman–Crippen MR) is 115 cm³/mol. The Kier molecular flexibility index (Phi) is 5.81. The lowest BCUT2D eigenvalue weighted by molar-refractivity contribution is 0.0985. The van der Waals surface area contributed by atoms with E-state index in [9.17, 15) is 0 Å². The first kappa shape index (κ1) is 19.5. The average Bonchev–Trinajstić information content (AvgIpc) is 3.27. The Hall–Kier alpha value is -2.85. The van der Waals surface area contributed by atoms with Crippen molar-refractivity contribution in [2.45, 2.75) is 44.6 Å². The lowest BCUT2D eigenvalue weighted by atomic mass is 9.78. The summed E-state index contributed by atoms with van der Waals surface area (Å²) in [6.07, 6.45) is 12.9. The molecule has 0 radical (unpaired) electrons. The smallest absolute Gasteiger partial charge is 0.143 e. The second-order valence-corrected chi connectivity index (χ2v) is 7.90. The average molecular weight is 393 g/mol. The van der Waals surface area contributed by atoms with Crippen LogP contribution in [0.25, 0.3) is 0 Å². The van der Waals surface area contributed by atoms with Crippen LogP contribution in [0, 0.1) is 23.7 Å². The van der Waals surface area contributed by atoms with Crippen molar-refractivity contribution in [2.24, 2.45) is 5.92 Å². The van der Waals surface area contributed by atoms with Crippen molar-refractivity contribution in [2.75, 3.05) is 30.0 Å². The number of terminal acetylenes is 1. The van der Waals surface area contributed by atoms with Crippen molar-refractivity contribution in [3.05, 3.63) is 29.5 Å². The van der Waals surface area contributed by atoms with E-state index in [4.69, 9.17) is 21.6 Å². The summed E-state index contributed by atoms with van der Waals surface area (Å²) in [5.41, 5.74) is 2.02. The molecule has 1 atom stereocenters. The van der Waals surface area contributed by atoms with Gasteiger partial charge >= 0.3 is 0 Å². The van der Waals surface area contributed by atoms with E-state index in [1.165, 1.54) is 11.8 Å². The largest absolute Gasteiger partial charge is 0.377 e. The lowest BCUT2D eigenvalue weighted by Gasteiger charge is -2.36. The summed E-state index contributed by atoms with van der Waals surface area (Å²) in [5.74, 6) is 6.05. The highest BCUT2D eigenvalue weighted by Crippen LogP contribution is 2.40. The molecular weight excluding hydrogens is 364 g/mol. The van der Waals surface area contributed by atoms with Gasteiger partial charge in [0.25, 0.3) is 0 Å². The summed E-state index contributed by atoms with van der Waals surface area (Å²) in [7, 11) is 0. The van der Waals surface area contributed by atoms with Crippen molar-refractivity contribution >= 4 is 23.7 Å². The number of nitrogens with zero attached hydrogens (tertiary/aromatic N) is 3. The molecule has 3 N–H and O–H groups in total. The fourth-order valence-corrected chi connectivity index (χ4v) is 4.38. The molecule has 2 aliphatic rings. The SMILES string of the molecule is C#CC1CCC(c2cc(N3CCOCC3C)nc(Nc3ccn[nH]3)c2C=N)CC1. The topological polar surface area (TPSA) is 89.9 Å². The lowest BCUT2D eigenvalue weighted by Crippen LogP contribution is -2.44. The second-order valence-electron chi connectivity index (χ2n) is 7.90. The fraction of sp³-hybridized carbons (Fsp3) is 0.500. The van der Waals surface area contributed by atoms with Crippen LogP contribution in [0.2, 0.25) is 0 Å². The van der Waals surface area contributed by atoms with E-state index < -0.39 is 0 Å². The molecule has 0 bridgehead atoms.